The lowest BCUT2D eigenvalue weighted by Gasteiger charge is -2.40. The average molecular weight is 592 g/mol. The number of benzene rings is 1. The number of aromatic nitrogens is 4. The minimum atomic E-state index is -3.81. The van der Waals surface area contributed by atoms with E-state index in [4.69, 9.17) is 5.73 Å². The fourth-order valence-corrected chi connectivity index (χ4v) is 6.23. The van der Waals surface area contributed by atoms with Crippen LogP contribution in [-0.2, 0) is 21.1 Å². The van der Waals surface area contributed by atoms with Crippen LogP contribution >= 0.6 is 0 Å². The van der Waals surface area contributed by atoms with Gasteiger partial charge in [0.05, 0.1) is 16.0 Å². The van der Waals surface area contributed by atoms with Crippen LogP contribution in [0.4, 0.5) is 15.9 Å². The molecule has 1 aliphatic rings. The van der Waals surface area contributed by atoms with Crippen molar-refractivity contribution in [1.29, 1.82) is 0 Å². The standard InChI is InChI=1S/C29H30FN7O4S/c1-5-18-8-7-9-23(42(4,40)41)26(18)37-28-19(14-21(30)25(33-28)20-15-32-11-10-22(20)31)27(34-29(37)39)36-13-12-35(16-17(36)3)24(38)6-2/h6-11,14-15,17H,2,5,12-13,16H2,1,3-4H3,(H2,31,32)/t17-/m0/s1. The molecule has 4 aromatic rings. The van der Waals surface area contributed by atoms with Crippen LogP contribution in [0.5, 0.6) is 0 Å². The maximum Gasteiger partial charge on any atom is 0.355 e. The number of anilines is 2. The van der Waals surface area contributed by atoms with Gasteiger partial charge in [-0.3, -0.25) is 9.78 Å². The van der Waals surface area contributed by atoms with E-state index in [1.807, 2.05) is 18.7 Å². The van der Waals surface area contributed by atoms with Gasteiger partial charge in [0.1, 0.15) is 11.5 Å². The van der Waals surface area contributed by atoms with Crippen LogP contribution in [0.3, 0.4) is 0 Å². The van der Waals surface area contributed by atoms with Crippen molar-refractivity contribution >= 4 is 38.3 Å². The normalized spacial score (nSPS) is 15.7. The summed E-state index contributed by atoms with van der Waals surface area (Å²) < 4.78 is 42.8. The molecule has 1 atom stereocenters. The van der Waals surface area contributed by atoms with Gasteiger partial charge in [-0.15, -0.1) is 0 Å². The summed E-state index contributed by atoms with van der Waals surface area (Å²) in [5.74, 6) is -0.766. The Morgan fingerprint density at radius 2 is 2.00 bits per heavy atom. The summed E-state index contributed by atoms with van der Waals surface area (Å²) in [7, 11) is -3.81. The second-order valence-corrected chi connectivity index (χ2v) is 12.1. The quantitative estimate of drug-likeness (QED) is 0.335. The Kier molecular flexibility index (Phi) is 7.54. The van der Waals surface area contributed by atoms with Crippen LogP contribution in [0.1, 0.15) is 19.4 Å². The average Bonchev–Trinajstić information content (AvgIpc) is 2.96. The first-order chi connectivity index (χ1) is 20.0. The minimum absolute atomic E-state index is 0.00671. The van der Waals surface area contributed by atoms with E-state index in [9.17, 15) is 18.0 Å². The molecule has 0 aliphatic carbocycles. The molecule has 218 valence electrons. The zero-order valence-corrected chi connectivity index (χ0v) is 24.2. The van der Waals surface area contributed by atoms with Gasteiger partial charge in [0.15, 0.2) is 21.3 Å². The van der Waals surface area contributed by atoms with E-state index in [0.29, 0.717) is 31.6 Å². The zero-order chi connectivity index (χ0) is 30.3. The number of para-hydroxylation sites is 1. The Morgan fingerprint density at radius 1 is 1.24 bits per heavy atom. The van der Waals surface area contributed by atoms with Crippen molar-refractivity contribution in [2.75, 3.05) is 36.5 Å². The lowest BCUT2D eigenvalue weighted by atomic mass is 10.1. The van der Waals surface area contributed by atoms with E-state index in [-0.39, 0.29) is 56.3 Å². The van der Waals surface area contributed by atoms with E-state index in [2.05, 4.69) is 21.5 Å². The number of amides is 1. The molecule has 2 N–H and O–H groups in total. The molecular weight excluding hydrogens is 561 g/mol. The highest BCUT2D eigenvalue weighted by Gasteiger charge is 2.31. The lowest BCUT2D eigenvalue weighted by Crippen LogP contribution is -2.54. The molecule has 1 aliphatic heterocycles. The number of halogens is 1. The first-order valence-electron chi connectivity index (χ1n) is 13.3. The second kappa shape index (κ2) is 11.0. The number of fused-ring (bicyclic) bond motifs is 1. The van der Waals surface area contributed by atoms with E-state index in [0.717, 1.165) is 10.8 Å². The first-order valence-corrected chi connectivity index (χ1v) is 15.2. The molecule has 11 nitrogen and oxygen atoms in total. The van der Waals surface area contributed by atoms with E-state index < -0.39 is 21.3 Å². The van der Waals surface area contributed by atoms with Crippen LogP contribution in [0, 0.1) is 5.82 Å². The van der Waals surface area contributed by atoms with Gasteiger partial charge in [0, 0.05) is 55.6 Å². The van der Waals surface area contributed by atoms with Crippen LogP contribution in [0.25, 0.3) is 28.0 Å². The van der Waals surface area contributed by atoms with Crippen molar-refractivity contribution in [3.63, 3.8) is 0 Å². The number of nitrogen functional groups attached to an aromatic ring is 1. The van der Waals surface area contributed by atoms with Crippen molar-refractivity contribution in [3.05, 3.63) is 77.2 Å². The zero-order valence-electron chi connectivity index (χ0n) is 23.4. The fourth-order valence-electron chi connectivity index (χ4n) is 5.33. The number of rotatable bonds is 6. The highest BCUT2D eigenvalue weighted by Crippen LogP contribution is 2.34. The monoisotopic (exact) mass is 591 g/mol. The summed E-state index contributed by atoms with van der Waals surface area (Å²) in [6.07, 6.45) is 5.53. The molecule has 5 rings (SSSR count). The number of sulfone groups is 1. The molecule has 0 saturated carbocycles. The molecule has 3 aromatic heterocycles. The summed E-state index contributed by atoms with van der Waals surface area (Å²) in [6, 6.07) is 7.18. The highest BCUT2D eigenvalue weighted by atomic mass is 32.2. The molecule has 1 fully saturated rings. The van der Waals surface area contributed by atoms with Gasteiger partial charge in [-0.25, -0.2) is 27.2 Å². The van der Waals surface area contributed by atoms with Gasteiger partial charge >= 0.3 is 5.69 Å². The lowest BCUT2D eigenvalue weighted by molar-refractivity contribution is -0.126. The number of aryl methyl sites for hydroxylation is 1. The van der Waals surface area contributed by atoms with Gasteiger partial charge in [0.2, 0.25) is 5.91 Å². The predicted molar refractivity (Wildman–Crippen MR) is 159 cm³/mol. The molecule has 42 heavy (non-hydrogen) atoms. The molecule has 1 saturated heterocycles. The Bertz CT molecular complexity index is 1910. The molecular formula is C29H30FN7O4S. The smallest absolute Gasteiger partial charge is 0.355 e. The third-order valence-corrected chi connectivity index (χ3v) is 8.51. The molecule has 0 spiro atoms. The summed E-state index contributed by atoms with van der Waals surface area (Å²) in [5.41, 5.74) is 6.31. The van der Waals surface area contributed by atoms with Gasteiger partial charge < -0.3 is 15.5 Å². The van der Waals surface area contributed by atoms with Crippen molar-refractivity contribution in [2.24, 2.45) is 0 Å². The van der Waals surface area contributed by atoms with E-state index in [1.54, 1.807) is 17.0 Å². The molecule has 1 aromatic carbocycles. The second-order valence-electron chi connectivity index (χ2n) is 10.1. The SMILES string of the molecule is C=CC(=O)N1CCN(c2nc(=O)n(-c3c(CC)cccc3S(C)(=O)=O)c3nc(-c4cnccc4N)c(F)cc23)[C@@H](C)C1. The Labute approximate surface area is 242 Å². The summed E-state index contributed by atoms with van der Waals surface area (Å²) >= 11 is 0. The van der Waals surface area contributed by atoms with Crippen LogP contribution in [0.2, 0.25) is 0 Å². The molecule has 4 heterocycles. The topological polar surface area (TPSA) is 144 Å². The number of hydrogen-bond acceptors (Lipinski definition) is 9. The van der Waals surface area contributed by atoms with Crippen LogP contribution in [0.15, 0.2) is 65.1 Å². The number of carbonyl (C=O) groups excluding carboxylic acids is 1. The number of pyridine rings is 2. The molecule has 13 heteroatoms. The van der Waals surface area contributed by atoms with Crippen LogP contribution < -0.4 is 16.3 Å². The Hall–Kier alpha value is -4.65. The molecule has 0 bridgehead atoms. The van der Waals surface area contributed by atoms with E-state index >= 15 is 4.39 Å². The number of hydrogen-bond donors (Lipinski definition) is 1. The van der Waals surface area contributed by atoms with Crippen molar-refractivity contribution in [1.82, 2.24) is 24.4 Å². The number of nitrogens with zero attached hydrogens (tertiary/aromatic N) is 6. The predicted octanol–water partition coefficient (Wildman–Crippen LogP) is 2.75. The summed E-state index contributed by atoms with van der Waals surface area (Å²) in [4.78, 5) is 42.6. The minimum Gasteiger partial charge on any atom is -0.398 e. The van der Waals surface area contributed by atoms with Crippen molar-refractivity contribution in [2.45, 2.75) is 31.2 Å². The van der Waals surface area contributed by atoms with Gasteiger partial charge in [-0.1, -0.05) is 25.6 Å². The number of piperazine rings is 1. The summed E-state index contributed by atoms with van der Waals surface area (Å²) in [5, 5.41) is 0.194. The summed E-state index contributed by atoms with van der Waals surface area (Å²) in [6.45, 7) is 8.22. The maximum atomic E-state index is 15.9. The van der Waals surface area contributed by atoms with Crippen molar-refractivity contribution < 1.29 is 17.6 Å². The molecule has 0 unspecified atom stereocenters. The van der Waals surface area contributed by atoms with E-state index in [1.165, 1.54) is 36.7 Å². The molecule has 1 amide bonds. The first kappa shape index (κ1) is 28.9. The van der Waals surface area contributed by atoms with Crippen molar-refractivity contribution in [3.8, 4) is 16.9 Å². The Morgan fingerprint density at radius 3 is 2.64 bits per heavy atom. The largest absolute Gasteiger partial charge is 0.398 e. The van der Waals surface area contributed by atoms with Gasteiger partial charge in [-0.2, -0.15) is 4.98 Å². The number of carbonyl (C=O) groups is 1. The fraction of sp³-hybridized carbons (Fsp3) is 0.276. The third kappa shape index (κ3) is 5.00. The highest BCUT2D eigenvalue weighted by molar-refractivity contribution is 7.90. The van der Waals surface area contributed by atoms with Gasteiger partial charge in [0.25, 0.3) is 0 Å². The number of nitrogens with two attached hydrogens (primary N) is 1. The maximum absolute atomic E-state index is 15.9. The van der Waals surface area contributed by atoms with Crippen LogP contribution in [-0.4, -0.2) is 70.7 Å². The molecule has 0 radical (unpaired) electrons. The van der Waals surface area contributed by atoms with Gasteiger partial charge in [-0.05, 0) is 43.2 Å². The Balaban J connectivity index is 1.86. The third-order valence-electron chi connectivity index (χ3n) is 7.38.